The minimum absolute atomic E-state index is 0.0731. The van der Waals surface area contributed by atoms with Gasteiger partial charge in [-0.3, -0.25) is 19.7 Å². The molecular weight excluding hydrogens is 330 g/mol. The first-order valence-electron chi connectivity index (χ1n) is 8.14. The van der Waals surface area contributed by atoms with Gasteiger partial charge in [0.2, 0.25) is 11.5 Å². The third-order valence-corrected chi connectivity index (χ3v) is 3.75. The fraction of sp³-hybridized carbons (Fsp3) is 0.500. The van der Waals surface area contributed by atoms with Crippen molar-refractivity contribution in [2.45, 2.75) is 37.8 Å². The highest BCUT2D eigenvalue weighted by Gasteiger charge is 2.27. The minimum atomic E-state index is -0.651. The smallest absolute Gasteiger partial charge is 0.352 e. The SMILES string of the molecule is O=C(COc1cccc(OCC(=O)NC2CC2)c1[N+](=O)[O-])NC1CC1. The van der Waals surface area contributed by atoms with Crippen LogP contribution in [0.25, 0.3) is 0 Å². The highest BCUT2D eigenvalue weighted by molar-refractivity contribution is 5.79. The van der Waals surface area contributed by atoms with E-state index in [0.717, 1.165) is 25.7 Å². The fourth-order valence-electron chi connectivity index (χ4n) is 2.20. The normalized spacial score (nSPS) is 16.0. The van der Waals surface area contributed by atoms with Gasteiger partial charge in [-0.15, -0.1) is 0 Å². The second kappa shape index (κ2) is 7.37. The molecule has 0 aliphatic heterocycles. The minimum Gasteiger partial charge on any atom is -0.477 e. The number of nitro groups is 1. The van der Waals surface area contributed by atoms with Gasteiger partial charge in [0.05, 0.1) is 4.92 Å². The van der Waals surface area contributed by atoms with Crippen LogP contribution in [0, 0.1) is 10.1 Å². The summed E-state index contributed by atoms with van der Waals surface area (Å²) in [6.07, 6.45) is 3.77. The lowest BCUT2D eigenvalue weighted by Gasteiger charge is -2.11. The third-order valence-electron chi connectivity index (χ3n) is 3.75. The summed E-state index contributed by atoms with van der Waals surface area (Å²) in [5.74, 6) is -0.800. The number of benzene rings is 1. The van der Waals surface area contributed by atoms with Gasteiger partial charge >= 0.3 is 5.69 Å². The summed E-state index contributed by atoms with van der Waals surface area (Å²) in [6.45, 7) is -0.633. The number of carbonyl (C=O) groups is 2. The van der Waals surface area contributed by atoms with E-state index in [4.69, 9.17) is 9.47 Å². The van der Waals surface area contributed by atoms with E-state index in [0.29, 0.717) is 0 Å². The molecule has 0 bridgehead atoms. The van der Waals surface area contributed by atoms with Gasteiger partial charge in [0.15, 0.2) is 13.2 Å². The Balaban J connectivity index is 1.61. The summed E-state index contributed by atoms with van der Waals surface area (Å²) in [5.41, 5.74) is -0.402. The average Bonchev–Trinajstić information content (AvgIpc) is 3.47. The molecule has 134 valence electrons. The number of nitrogens with one attached hydrogen (secondary N) is 2. The molecule has 2 N–H and O–H groups in total. The van der Waals surface area contributed by atoms with E-state index in [1.54, 1.807) is 0 Å². The molecule has 0 aromatic heterocycles. The topological polar surface area (TPSA) is 120 Å². The van der Waals surface area contributed by atoms with Crippen LogP contribution in [0.15, 0.2) is 18.2 Å². The van der Waals surface area contributed by atoms with Crippen molar-refractivity contribution in [2.24, 2.45) is 0 Å². The Morgan fingerprint density at radius 1 is 1.00 bits per heavy atom. The zero-order valence-corrected chi connectivity index (χ0v) is 13.5. The van der Waals surface area contributed by atoms with E-state index in [-0.39, 0.29) is 48.6 Å². The zero-order chi connectivity index (χ0) is 17.8. The maximum absolute atomic E-state index is 11.7. The number of rotatable bonds is 9. The molecule has 2 fully saturated rings. The number of carbonyl (C=O) groups excluding carboxylic acids is 2. The molecule has 0 unspecified atom stereocenters. The Kier molecular flexibility index (Phi) is 5.01. The van der Waals surface area contributed by atoms with Crippen molar-refractivity contribution >= 4 is 17.5 Å². The van der Waals surface area contributed by atoms with Crippen molar-refractivity contribution in [3.63, 3.8) is 0 Å². The van der Waals surface area contributed by atoms with Crippen molar-refractivity contribution in [1.82, 2.24) is 10.6 Å². The molecule has 9 nitrogen and oxygen atoms in total. The molecule has 3 rings (SSSR count). The first-order chi connectivity index (χ1) is 12.0. The van der Waals surface area contributed by atoms with Crippen molar-refractivity contribution in [3.05, 3.63) is 28.3 Å². The summed E-state index contributed by atoms with van der Waals surface area (Å²) in [5, 5.41) is 16.8. The molecule has 9 heteroatoms. The largest absolute Gasteiger partial charge is 0.477 e. The molecule has 25 heavy (non-hydrogen) atoms. The fourth-order valence-corrected chi connectivity index (χ4v) is 2.20. The first-order valence-corrected chi connectivity index (χ1v) is 8.14. The van der Waals surface area contributed by atoms with Gasteiger partial charge < -0.3 is 20.1 Å². The number of para-hydroxylation sites is 1. The highest BCUT2D eigenvalue weighted by Crippen LogP contribution is 2.36. The summed E-state index contributed by atoms with van der Waals surface area (Å²) in [4.78, 5) is 34.0. The molecule has 1 aromatic rings. The molecule has 0 radical (unpaired) electrons. The van der Waals surface area contributed by atoms with Gasteiger partial charge in [0.25, 0.3) is 11.8 Å². The zero-order valence-electron chi connectivity index (χ0n) is 13.5. The van der Waals surface area contributed by atoms with Gasteiger partial charge in [0.1, 0.15) is 0 Å². The van der Waals surface area contributed by atoms with Gasteiger partial charge in [-0.2, -0.15) is 0 Å². The molecular formula is C16H19N3O6. The Labute approximate surface area is 143 Å². The van der Waals surface area contributed by atoms with Crippen molar-refractivity contribution in [1.29, 1.82) is 0 Å². The number of nitrogens with zero attached hydrogens (tertiary/aromatic N) is 1. The third kappa shape index (κ3) is 5.07. The van der Waals surface area contributed by atoms with Crippen LogP contribution in [-0.2, 0) is 9.59 Å². The molecule has 1 aromatic carbocycles. The van der Waals surface area contributed by atoms with Crippen LogP contribution in [0.2, 0.25) is 0 Å². The first kappa shape index (κ1) is 17.0. The van der Waals surface area contributed by atoms with Crippen LogP contribution in [0.3, 0.4) is 0 Å². The predicted molar refractivity (Wildman–Crippen MR) is 86.4 cm³/mol. The quantitative estimate of drug-likeness (QED) is 0.505. The molecule has 0 heterocycles. The van der Waals surface area contributed by atoms with Crippen molar-refractivity contribution in [2.75, 3.05) is 13.2 Å². The summed E-state index contributed by atoms with van der Waals surface area (Å²) in [7, 11) is 0. The number of amides is 2. The summed E-state index contributed by atoms with van der Waals surface area (Å²) in [6, 6.07) is 4.66. The molecule has 0 atom stereocenters. The number of hydrogen-bond acceptors (Lipinski definition) is 6. The van der Waals surface area contributed by atoms with E-state index in [1.807, 2.05) is 0 Å². The highest BCUT2D eigenvalue weighted by atomic mass is 16.6. The molecule has 0 spiro atoms. The Morgan fingerprint density at radius 3 is 1.80 bits per heavy atom. The monoisotopic (exact) mass is 349 g/mol. The number of ether oxygens (including phenoxy) is 2. The number of nitro benzene ring substituents is 1. The van der Waals surface area contributed by atoms with E-state index >= 15 is 0 Å². The van der Waals surface area contributed by atoms with Crippen LogP contribution >= 0.6 is 0 Å². The maximum Gasteiger partial charge on any atom is 0.352 e. The molecule has 0 saturated heterocycles. The molecule has 2 saturated carbocycles. The van der Waals surface area contributed by atoms with Crippen LogP contribution in [0.1, 0.15) is 25.7 Å². The lowest BCUT2D eigenvalue weighted by Crippen LogP contribution is -2.31. The lowest BCUT2D eigenvalue weighted by atomic mass is 10.2. The Hall–Kier alpha value is -2.84. The van der Waals surface area contributed by atoms with Crippen molar-refractivity contribution < 1.29 is 24.0 Å². The van der Waals surface area contributed by atoms with Crippen LogP contribution in [-0.4, -0.2) is 42.0 Å². The van der Waals surface area contributed by atoms with Crippen LogP contribution in [0.5, 0.6) is 11.5 Å². The molecule has 2 aliphatic carbocycles. The lowest BCUT2D eigenvalue weighted by molar-refractivity contribution is -0.386. The van der Waals surface area contributed by atoms with Crippen LogP contribution < -0.4 is 20.1 Å². The number of hydrogen-bond donors (Lipinski definition) is 2. The second-order valence-corrected chi connectivity index (χ2v) is 6.12. The second-order valence-electron chi connectivity index (χ2n) is 6.12. The van der Waals surface area contributed by atoms with Gasteiger partial charge in [-0.1, -0.05) is 6.07 Å². The molecule has 2 aliphatic rings. The van der Waals surface area contributed by atoms with E-state index < -0.39 is 10.6 Å². The van der Waals surface area contributed by atoms with E-state index in [1.165, 1.54) is 18.2 Å². The summed E-state index contributed by atoms with van der Waals surface area (Å²) < 4.78 is 10.6. The predicted octanol–water partition coefficient (Wildman–Crippen LogP) is 0.910. The maximum atomic E-state index is 11.7. The van der Waals surface area contributed by atoms with Gasteiger partial charge in [0, 0.05) is 12.1 Å². The summed E-state index contributed by atoms with van der Waals surface area (Å²) >= 11 is 0. The molecule has 2 amide bonds. The average molecular weight is 349 g/mol. The van der Waals surface area contributed by atoms with Crippen LogP contribution in [0.4, 0.5) is 5.69 Å². The van der Waals surface area contributed by atoms with Crippen molar-refractivity contribution in [3.8, 4) is 11.5 Å². The van der Waals surface area contributed by atoms with Gasteiger partial charge in [-0.05, 0) is 37.8 Å². The Morgan fingerprint density at radius 2 is 1.44 bits per heavy atom. The van der Waals surface area contributed by atoms with E-state index in [2.05, 4.69) is 10.6 Å². The standard InChI is InChI=1S/C16H19N3O6/c20-14(17-10-4-5-10)8-24-12-2-1-3-13(16(12)19(22)23)25-9-15(21)18-11-6-7-11/h1-3,10-11H,4-9H2,(H,17,20)(H,18,21). The van der Waals surface area contributed by atoms with E-state index in [9.17, 15) is 19.7 Å². The van der Waals surface area contributed by atoms with Gasteiger partial charge in [-0.25, -0.2) is 0 Å². The Bertz CT molecular complexity index is 636.